The highest BCUT2D eigenvalue weighted by Crippen LogP contribution is 2.37. The molecule has 0 radical (unpaired) electrons. The van der Waals surface area contributed by atoms with E-state index in [9.17, 15) is 0 Å². The van der Waals surface area contributed by atoms with Gasteiger partial charge >= 0.3 is 0 Å². The van der Waals surface area contributed by atoms with E-state index in [4.69, 9.17) is 16.3 Å². The first kappa shape index (κ1) is 11.9. The molecule has 0 amide bonds. The summed E-state index contributed by atoms with van der Waals surface area (Å²) in [4.78, 5) is 0. The fourth-order valence-corrected chi connectivity index (χ4v) is 1.77. The van der Waals surface area contributed by atoms with Crippen molar-refractivity contribution in [3.8, 4) is 5.75 Å². The summed E-state index contributed by atoms with van der Waals surface area (Å²) in [6, 6.07) is 4.01. The van der Waals surface area contributed by atoms with Crippen LogP contribution in [0, 0.1) is 0 Å². The van der Waals surface area contributed by atoms with E-state index in [-0.39, 0.29) is 5.41 Å². The molecule has 78 valence electrons. The van der Waals surface area contributed by atoms with Crippen molar-refractivity contribution in [2.24, 2.45) is 0 Å². The van der Waals surface area contributed by atoms with Crippen LogP contribution in [0.15, 0.2) is 16.6 Å². The molecule has 0 fully saturated rings. The highest BCUT2D eigenvalue weighted by molar-refractivity contribution is 9.10. The van der Waals surface area contributed by atoms with Crippen molar-refractivity contribution in [3.63, 3.8) is 0 Å². The van der Waals surface area contributed by atoms with E-state index in [0.29, 0.717) is 10.8 Å². The van der Waals surface area contributed by atoms with Crippen LogP contribution in [0.5, 0.6) is 5.75 Å². The van der Waals surface area contributed by atoms with Crippen LogP contribution in [0.1, 0.15) is 26.3 Å². The molecule has 0 spiro atoms. The van der Waals surface area contributed by atoms with E-state index < -0.39 is 0 Å². The van der Waals surface area contributed by atoms with Gasteiger partial charge in [-0.25, -0.2) is 0 Å². The molecule has 1 rings (SSSR count). The zero-order valence-corrected chi connectivity index (χ0v) is 11.2. The van der Waals surface area contributed by atoms with Crippen LogP contribution in [0.2, 0.25) is 5.02 Å². The van der Waals surface area contributed by atoms with Crippen molar-refractivity contribution >= 4 is 27.5 Å². The van der Waals surface area contributed by atoms with Crippen LogP contribution in [0.4, 0.5) is 0 Å². The number of hydrogen-bond acceptors (Lipinski definition) is 1. The molecule has 3 heteroatoms. The van der Waals surface area contributed by atoms with E-state index in [1.165, 1.54) is 5.56 Å². The van der Waals surface area contributed by atoms with Gasteiger partial charge in [-0.3, -0.25) is 0 Å². The number of hydrogen-bond donors (Lipinski definition) is 0. The molecule has 0 aromatic heterocycles. The van der Waals surface area contributed by atoms with E-state index in [1.807, 2.05) is 12.1 Å². The zero-order chi connectivity index (χ0) is 10.9. The Bertz CT molecular complexity index is 342. The lowest BCUT2D eigenvalue weighted by Crippen LogP contribution is -2.11. The molecular formula is C11H14BrClO. The van der Waals surface area contributed by atoms with Gasteiger partial charge in [0.2, 0.25) is 0 Å². The largest absolute Gasteiger partial charge is 0.495 e. The van der Waals surface area contributed by atoms with Crippen LogP contribution in [0.25, 0.3) is 0 Å². The fourth-order valence-electron chi connectivity index (χ4n) is 1.15. The Kier molecular flexibility index (Phi) is 3.49. The van der Waals surface area contributed by atoms with E-state index in [0.717, 1.165) is 4.47 Å². The third-order valence-corrected chi connectivity index (χ3v) is 3.32. The van der Waals surface area contributed by atoms with Gasteiger partial charge < -0.3 is 4.74 Å². The molecule has 0 atom stereocenters. The molecule has 0 heterocycles. The number of benzene rings is 1. The topological polar surface area (TPSA) is 9.23 Å². The third-order valence-electron chi connectivity index (χ3n) is 2.08. The first-order chi connectivity index (χ1) is 6.36. The van der Waals surface area contributed by atoms with Crippen molar-refractivity contribution in [2.75, 3.05) is 7.11 Å². The first-order valence-corrected chi connectivity index (χ1v) is 5.57. The normalized spacial score (nSPS) is 11.6. The van der Waals surface area contributed by atoms with Gasteiger partial charge in [-0.1, -0.05) is 32.4 Å². The van der Waals surface area contributed by atoms with Crippen LogP contribution in [0.3, 0.4) is 0 Å². The van der Waals surface area contributed by atoms with Gasteiger partial charge in [0.1, 0.15) is 5.75 Å². The van der Waals surface area contributed by atoms with E-state index in [2.05, 4.69) is 36.7 Å². The monoisotopic (exact) mass is 276 g/mol. The molecule has 0 aliphatic heterocycles. The molecule has 0 aliphatic rings. The number of ether oxygens (including phenoxy) is 1. The molecular weight excluding hydrogens is 263 g/mol. The Morgan fingerprint density at radius 2 is 1.86 bits per heavy atom. The molecule has 14 heavy (non-hydrogen) atoms. The van der Waals surface area contributed by atoms with Gasteiger partial charge in [0.15, 0.2) is 0 Å². The average molecular weight is 278 g/mol. The maximum Gasteiger partial charge on any atom is 0.138 e. The first-order valence-electron chi connectivity index (χ1n) is 4.40. The molecule has 1 aromatic rings. The number of halogens is 2. The summed E-state index contributed by atoms with van der Waals surface area (Å²) < 4.78 is 6.08. The summed E-state index contributed by atoms with van der Waals surface area (Å²) in [5.41, 5.74) is 1.30. The summed E-state index contributed by atoms with van der Waals surface area (Å²) >= 11 is 9.46. The van der Waals surface area contributed by atoms with Crippen molar-refractivity contribution in [1.82, 2.24) is 0 Å². The Morgan fingerprint density at radius 3 is 2.29 bits per heavy atom. The highest BCUT2D eigenvalue weighted by atomic mass is 79.9. The third kappa shape index (κ3) is 2.43. The molecule has 0 aliphatic carbocycles. The summed E-state index contributed by atoms with van der Waals surface area (Å²) in [7, 11) is 1.63. The minimum absolute atomic E-state index is 0.0976. The standard InChI is InChI=1S/C11H14BrClO/c1-11(2,3)7-5-8(12)10(13)9(6-7)14-4/h5-6H,1-4H3. The SMILES string of the molecule is COc1cc(C(C)(C)C)cc(Br)c1Cl. The molecule has 0 saturated heterocycles. The summed E-state index contributed by atoms with van der Waals surface area (Å²) in [6.45, 7) is 6.46. The maximum atomic E-state index is 6.04. The lowest BCUT2D eigenvalue weighted by atomic mass is 9.87. The minimum atomic E-state index is 0.0976. The minimum Gasteiger partial charge on any atom is -0.495 e. The Hall–Kier alpha value is -0.210. The second-order valence-electron chi connectivity index (χ2n) is 4.22. The van der Waals surface area contributed by atoms with Crippen molar-refractivity contribution in [2.45, 2.75) is 26.2 Å². The van der Waals surface area contributed by atoms with Crippen molar-refractivity contribution in [1.29, 1.82) is 0 Å². The van der Waals surface area contributed by atoms with Gasteiger partial charge in [0, 0.05) is 4.47 Å². The quantitative estimate of drug-likeness (QED) is 0.739. The van der Waals surface area contributed by atoms with Gasteiger partial charge in [0.05, 0.1) is 12.1 Å². The van der Waals surface area contributed by atoms with Crippen LogP contribution in [-0.2, 0) is 5.41 Å². The van der Waals surface area contributed by atoms with E-state index in [1.54, 1.807) is 7.11 Å². The zero-order valence-electron chi connectivity index (χ0n) is 8.82. The average Bonchev–Trinajstić information content (AvgIpc) is 2.07. The van der Waals surface area contributed by atoms with Crippen LogP contribution >= 0.6 is 27.5 Å². The van der Waals surface area contributed by atoms with Crippen LogP contribution in [-0.4, -0.2) is 7.11 Å². The van der Waals surface area contributed by atoms with Gasteiger partial charge in [0.25, 0.3) is 0 Å². The van der Waals surface area contributed by atoms with Gasteiger partial charge in [-0.05, 0) is 39.0 Å². The Morgan fingerprint density at radius 1 is 1.29 bits per heavy atom. The molecule has 0 unspecified atom stereocenters. The molecule has 0 saturated carbocycles. The van der Waals surface area contributed by atoms with Crippen molar-refractivity contribution in [3.05, 3.63) is 27.2 Å². The second kappa shape index (κ2) is 4.11. The highest BCUT2D eigenvalue weighted by Gasteiger charge is 2.17. The smallest absolute Gasteiger partial charge is 0.138 e. The van der Waals surface area contributed by atoms with Crippen molar-refractivity contribution < 1.29 is 4.74 Å². The lowest BCUT2D eigenvalue weighted by molar-refractivity contribution is 0.412. The summed E-state index contributed by atoms with van der Waals surface area (Å²) in [5.74, 6) is 0.714. The predicted molar refractivity (Wildman–Crippen MR) is 64.4 cm³/mol. The number of rotatable bonds is 1. The maximum absolute atomic E-state index is 6.04. The summed E-state index contributed by atoms with van der Waals surface area (Å²) in [6.07, 6.45) is 0. The predicted octanol–water partition coefficient (Wildman–Crippen LogP) is 4.41. The Labute approximate surface area is 98.5 Å². The van der Waals surface area contributed by atoms with Crippen LogP contribution < -0.4 is 4.74 Å². The summed E-state index contributed by atoms with van der Waals surface area (Å²) in [5, 5.41) is 0.625. The molecule has 1 nitrogen and oxygen atoms in total. The molecule has 0 bridgehead atoms. The Balaban J connectivity index is 3.30. The van der Waals surface area contributed by atoms with E-state index >= 15 is 0 Å². The van der Waals surface area contributed by atoms with Gasteiger partial charge in [-0.15, -0.1) is 0 Å². The molecule has 1 aromatic carbocycles. The van der Waals surface area contributed by atoms with Gasteiger partial charge in [-0.2, -0.15) is 0 Å². The number of methoxy groups -OCH3 is 1. The molecule has 0 N–H and O–H groups in total. The second-order valence-corrected chi connectivity index (χ2v) is 5.46. The fraction of sp³-hybridized carbons (Fsp3) is 0.455. The lowest BCUT2D eigenvalue weighted by Gasteiger charge is -2.20.